The van der Waals surface area contributed by atoms with E-state index in [2.05, 4.69) is 48.4 Å². The summed E-state index contributed by atoms with van der Waals surface area (Å²) in [5, 5.41) is 4.15. The van der Waals surface area contributed by atoms with Crippen LogP contribution in [0.1, 0.15) is 5.56 Å². The van der Waals surface area contributed by atoms with E-state index in [1.54, 1.807) is 10.9 Å². The molecule has 0 bridgehead atoms. The minimum atomic E-state index is 0.716. The molecule has 0 unspecified atom stereocenters. The average Bonchev–Trinajstić information content (AvgIpc) is 2.59. The number of nitrogens with zero attached hydrogens (tertiary/aromatic N) is 3. The first-order valence-corrected chi connectivity index (χ1v) is 5.59. The maximum atomic E-state index is 5.90. The molecule has 17 heavy (non-hydrogen) atoms. The van der Waals surface area contributed by atoms with Crippen molar-refractivity contribution in [1.82, 2.24) is 14.7 Å². The molecule has 4 nitrogen and oxygen atoms in total. The summed E-state index contributed by atoms with van der Waals surface area (Å²) in [6.45, 7) is 0.946. The molecule has 4 heteroatoms. The van der Waals surface area contributed by atoms with E-state index in [1.165, 1.54) is 5.56 Å². The predicted octanol–water partition coefficient (Wildman–Crippen LogP) is 1.73. The molecule has 0 aliphatic rings. The molecular weight excluding hydrogens is 212 g/mol. The minimum Gasteiger partial charge on any atom is -0.396 e. The molecule has 0 radical (unpaired) electrons. The van der Waals surface area contributed by atoms with Gasteiger partial charge >= 0.3 is 0 Å². The van der Waals surface area contributed by atoms with Gasteiger partial charge in [0.2, 0.25) is 0 Å². The van der Waals surface area contributed by atoms with E-state index >= 15 is 0 Å². The number of nitrogens with two attached hydrogens (primary N) is 1. The van der Waals surface area contributed by atoms with Gasteiger partial charge in [0.15, 0.2) is 0 Å². The zero-order valence-corrected chi connectivity index (χ0v) is 10.5. The van der Waals surface area contributed by atoms with E-state index < -0.39 is 0 Å². The molecule has 0 aliphatic carbocycles. The van der Waals surface area contributed by atoms with Crippen LogP contribution in [0.5, 0.6) is 0 Å². The van der Waals surface area contributed by atoms with Crippen molar-refractivity contribution in [1.29, 1.82) is 0 Å². The highest BCUT2D eigenvalue weighted by Gasteiger charge is 2.07. The molecule has 0 saturated carbocycles. The fourth-order valence-electron chi connectivity index (χ4n) is 1.94. The second kappa shape index (κ2) is 4.59. The highest BCUT2D eigenvalue weighted by Crippen LogP contribution is 2.25. The van der Waals surface area contributed by atoms with Gasteiger partial charge in [-0.3, -0.25) is 4.68 Å². The molecule has 1 aromatic carbocycles. The third kappa shape index (κ3) is 2.47. The van der Waals surface area contributed by atoms with Crippen molar-refractivity contribution in [2.75, 3.05) is 19.8 Å². The van der Waals surface area contributed by atoms with E-state index in [4.69, 9.17) is 5.73 Å². The van der Waals surface area contributed by atoms with Crippen molar-refractivity contribution in [3.63, 3.8) is 0 Å². The van der Waals surface area contributed by atoms with E-state index in [1.807, 2.05) is 7.05 Å². The van der Waals surface area contributed by atoms with Crippen molar-refractivity contribution in [3.8, 4) is 11.3 Å². The molecular formula is C13H18N4. The van der Waals surface area contributed by atoms with Gasteiger partial charge in [-0.15, -0.1) is 0 Å². The normalized spacial score (nSPS) is 11.1. The van der Waals surface area contributed by atoms with Crippen LogP contribution in [0.25, 0.3) is 11.3 Å². The SMILES string of the molecule is CN(C)Cc1ccc(-c2c(N)cnn2C)cc1. The van der Waals surface area contributed by atoms with Crippen molar-refractivity contribution in [2.45, 2.75) is 6.54 Å². The van der Waals surface area contributed by atoms with Crippen molar-refractivity contribution < 1.29 is 0 Å². The molecule has 0 atom stereocenters. The zero-order valence-electron chi connectivity index (χ0n) is 10.5. The number of rotatable bonds is 3. The molecule has 1 aromatic heterocycles. The maximum absolute atomic E-state index is 5.90. The number of benzene rings is 1. The Hall–Kier alpha value is -1.81. The van der Waals surface area contributed by atoms with Crippen molar-refractivity contribution in [2.24, 2.45) is 7.05 Å². The average molecular weight is 230 g/mol. The first-order chi connectivity index (χ1) is 8.08. The number of aromatic nitrogens is 2. The summed E-state index contributed by atoms with van der Waals surface area (Å²) in [4.78, 5) is 2.15. The number of nitrogen functional groups attached to an aromatic ring is 1. The van der Waals surface area contributed by atoms with Crippen LogP contribution in [0.4, 0.5) is 5.69 Å². The smallest absolute Gasteiger partial charge is 0.0908 e. The number of anilines is 1. The van der Waals surface area contributed by atoms with Gasteiger partial charge in [-0.25, -0.2) is 0 Å². The number of aryl methyl sites for hydroxylation is 1. The minimum absolute atomic E-state index is 0.716. The van der Waals surface area contributed by atoms with Crippen LogP contribution in [-0.4, -0.2) is 28.8 Å². The molecule has 2 rings (SSSR count). The van der Waals surface area contributed by atoms with E-state index in [0.29, 0.717) is 5.69 Å². The Morgan fingerprint density at radius 3 is 2.35 bits per heavy atom. The Labute approximate surface area is 102 Å². The van der Waals surface area contributed by atoms with E-state index in [-0.39, 0.29) is 0 Å². The van der Waals surface area contributed by atoms with Crippen LogP contribution in [0.2, 0.25) is 0 Å². The third-order valence-corrected chi connectivity index (χ3v) is 2.69. The fraction of sp³-hybridized carbons (Fsp3) is 0.308. The summed E-state index contributed by atoms with van der Waals surface area (Å²) >= 11 is 0. The molecule has 90 valence electrons. The third-order valence-electron chi connectivity index (χ3n) is 2.69. The first kappa shape index (κ1) is 11.7. The van der Waals surface area contributed by atoms with Crippen LogP contribution < -0.4 is 5.73 Å². The fourth-order valence-corrected chi connectivity index (χ4v) is 1.94. The van der Waals surface area contributed by atoms with Gasteiger partial charge in [0, 0.05) is 19.2 Å². The molecule has 0 fully saturated rings. The largest absolute Gasteiger partial charge is 0.396 e. The lowest BCUT2D eigenvalue weighted by atomic mass is 10.1. The summed E-state index contributed by atoms with van der Waals surface area (Å²) in [5.41, 5.74) is 9.98. The lowest BCUT2D eigenvalue weighted by molar-refractivity contribution is 0.402. The zero-order chi connectivity index (χ0) is 12.4. The molecule has 0 saturated heterocycles. The highest BCUT2D eigenvalue weighted by atomic mass is 15.3. The van der Waals surface area contributed by atoms with Crippen LogP contribution >= 0.6 is 0 Å². The lowest BCUT2D eigenvalue weighted by Crippen LogP contribution is -2.10. The van der Waals surface area contributed by atoms with Crippen LogP contribution in [0.15, 0.2) is 30.5 Å². The summed E-state index contributed by atoms with van der Waals surface area (Å²) in [5.74, 6) is 0. The lowest BCUT2D eigenvalue weighted by Gasteiger charge is -2.10. The Kier molecular flexibility index (Phi) is 3.15. The first-order valence-electron chi connectivity index (χ1n) is 5.59. The monoisotopic (exact) mass is 230 g/mol. The Morgan fingerprint density at radius 1 is 1.24 bits per heavy atom. The summed E-state index contributed by atoms with van der Waals surface area (Å²) in [6, 6.07) is 8.43. The Bertz CT molecular complexity index is 477. The number of hydrogen-bond acceptors (Lipinski definition) is 3. The van der Waals surface area contributed by atoms with Gasteiger partial charge in [-0.1, -0.05) is 24.3 Å². The van der Waals surface area contributed by atoms with Gasteiger partial charge < -0.3 is 10.6 Å². The highest BCUT2D eigenvalue weighted by molar-refractivity contribution is 5.72. The molecule has 0 spiro atoms. The van der Waals surface area contributed by atoms with Crippen LogP contribution in [0, 0.1) is 0 Å². The molecule has 0 amide bonds. The van der Waals surface area contributed by atoms with Gasteiger partial charge in [-0.2, -0.15) is 5.10 Å². The van der Waals surface area contributed by atoms with Crippen LogP contribution in [0.3, 0.4) is 0 Å². The van der Waals surface area contributed by atoms with Gasteiger partial charge in [0.05, 0.1) is 17.6 Å². The van der Waals surface area contributed by atoms with Gasteiger partial charge in [0.25, 0.3) is 0 Å². The summed E-state index contributed by atoms with van der Waals surface area (Å²) < 4.78 is 1.80. The number of hydrogen-bond donors (Lipinski definition) is 1. The Morgan fingerprint density at radius 2 is 1.88 bits per heavy atom. The topological polar surface area (TPSA) is 47.1 Å². The maximum Gasteiger partial charge on any atom is 0.0908 e. The standard InChI is InChI=1S/C13H18N4/c1-16(2)9-10-4-6-11(7-5-10)13-12(14)8-15-17(13)3/h4-8H,9,14H2,1-3H3. The molecule has 2 aromatic rings. The summed E-state index contributed by atoms with van der Waals surface area (Å²) in [6.07, 6.45) is 1.68. The Balaban J connectivity index is 2.30. The molecule has 0 aliphatic heterocycles. The van der Waals surface area contributed by atoms with Crippen LogP contribution in [-0.2, 0) is 13.6 Å². The van der Waals surface area contributed by atoms with Crippen molar-refractivity contribution >= 4 is 5.69 Å². The van der Waals surface area contributed by atoms with E-state index in [9.17, 15) is 0 Å². The second-order valence-corrected chi connectivity index (χ2v) is 4.51. The molecule has 1 heterocycles. The van der Waals surface area contributed by atoms with Gasteiger partial charge in [0.1, 0.15) is 0 Å². The quantitative estimate of drug-likeness (QED) is 0.873. The van der Waals surface area contributed by atoms with E-state index in [0.717, 1.165) is 17.8 Å². The second-order valence-electron chi connectivity index (χ2n) is 4.51. The summed E-state index contributed by atoms with van der Waals surface area (Å²) in [7, 11) is 6.03. The van der Waals surface area contributed by atoms with Crippen molar-refractivity contribution in [3.05, 3.63) is 36.0 Å². The van der Waals surface area contributed by atoms with Gasteiger partial charge in [-0.05, 0) is 19.7 Å². The predicted molar refractivity (Wildman–Crippen MR) is 70.4 cm³/mol. The molecule has 2 N–H and O–H groups in total.